The SMILES string of the molecule is CC.CC.CC(=O)c1ccccc1.CC(=O)c1ccccc1.c1ccc2c(c1)Oc1ccccc1O2. The largest absolute Gasteiger partial charge is 0.450 e. The number of hydrogen-bond donors (Lipinski definition) is 0. The number of hydrogen-bond acceptors (Lipinski definition) is 4. The van der Waals surface area contributed by atoms with E-state index in [1.165, 1.54) is 0 Å². The normalized spacial score (nSPS) is 9.50. The van der Waals surface area contributed by atoms with E-state index in [0.29, 0.717) is 0 Å². The van der Waals surface area contributed by atoms with Gasteiger partial charge in [0.25, 0.3) is 0 Å². The fraction of sp³-hybridized carbons (Fsp3) is 0.188. The first-order valence-corrected chi connectivity index (χ1v) is 12.2. The summed E-state index contributed by atoms with van der Waals surface area (Å²) >= 11 is 0. The monoisotopic (exact) mass is 484 g/mol. The van der Waals surface area contributed by atoms with Crippen molar-refractivity contribution in [3.63, 3.8) is 0 Å². The number of rotatable bonds is 2. The minimum atomic E-state index is 0.121. The molecule has 0 aliphatic carbocycles. The van der Waals surface area contributed by atoms with E-state index >= 15 is 0 Å². The highest BCUT2D eigenvalue weighted by atomic mass is 16.6. The van der Waals surface area contributed by atoms with Gasteiger partial charge in [-0.15, -0.1) is 0 Å². The molecule has 4 nitrogen and oxygen atoms in total. The van der Waals surface area contributed by atoms with Crippen LogP contribution in [0.15, 0.2) is 109 Å². The number of carbonyl (C=O) groups excluding carboxylic acids is 2. The summed E-state index contributed by atoms with van der Waals surface area (Å²) in [6.07, 6.45) is 0. The van der Waals surface area contributed by atoms with Crippen LogP contribution in [0.4, 0.5) is 0 Å². The molecule has 0 bridgehead atoms. The van der Waals surface area contributed by atoms with Gasteiger partial charge in [-0.25, -0.2) is 0 Å². The second-order valence-corrected chi connectivity index (χ2v) is 6.94. The van der Waals surface area contributed by atoms with Gasteiger partial charge in [-0.1, -0.05) is 113 Å². The van der Waals surface area contributed by atoms with Crippen LogP contribution in [-0.2, 0) is 0 Å². The minimum Gasteiger partial charge on any atom is -0.450 e. The van der Waals surface area contributed by atoms with Gasteiger partial charge in [0.05, 0.1) is 0 Å². The molecule has 0 amide bonds. The van der Waals surface area contributed by atoms with E-state index in [2.05, 4.69) is 0 Å². The van der Waals surface area contributed by atoms with Crippen LogP contribution in [-0.4, -0.2) is 11.6 Å². The van der Waals surface area contributed by atoms with Crippen LogP contribution in [0.3, 0.4) is 0 Å². The molecule has 0 spiro atoms. The Balaban J connectivity index is 0.000000261. The molecule has 0 atom stereocenters. The molecule has 0 saturated heterocycles. The van der Waals surface area contributed by atoms with E-state index in [0.717, 1.165) is 34.1 Å². The number of ketones is 2. The summed E-state index contributed by atoms with van der Waals surface area (Å²) < 4.78 is 11.3. The summed E-state index contributed by atoms with van der Waals surface area (Å²) in [4.78, 5) is 21.3. The molecule has 4 heteroatoms. The molecule has 1 aliphatic rings. The highest BCUT2D eigenvalue weighted by Crippen LogP contribution is 2.44. The molecule has 1 aliphatic heterocycles. The predicted octanol–water partition coefficient (Wildman–Crippen LogP) is 9.42. The number of benzene rings is 4. The Labute approximate surface area is 215 Å². The third-order valence-electron chi connectivity index (χ3n) is 4.50. The molecule has 36 heavy (non-hydrogen) atoms. The van der Waals surface area contributed by atoms with Gasteiger partial charge in [0.1, 0.15) is 0 Å². The molecule has 0 unspecified atom stereocenters. The van der Waals surface area contributed by atoms with Crippen LogP contribution in [0.5, 0.6) is 23.0 Å². The van der Waals surface area contributed by atoms with Crippen molar-refractivity contribution in [3.8, 4) is 23.0 Å². The Kier molecular flexibility index (Phi) is 14.3. The van der Waals surface area contributed by atoms with Gasteiger partial charge in [-0.3, -0.25) is 9.59 Å². The smallest absolute Gasteiger partial charge is 0.170 e. The average molecular weight is 485 g/mol. The number of fused-ring (bicyclic) bond motifs is 2. The molecular formula is C32H36O4. The van der Waals surface area contributed by atoms with Gasteiger partial charge in [0.2, 0.25) is 0 Å². The van der Waals surface area contributed by atoms with Crippen LogP contribution in [0.25, 0.3) is 0 Å². The molecular weight excluding hydrogens is 448 g/mol. The third kappa shape index (κ3) is 9.98. The van der Waals surface area contributed by atoms with E-state index < -0.39 is 0 Å². The van der Waals surface area contributed by atoms with Gasteiger partial charge in [-0.05, 0) is 38.1 Å². The van der Waals surface area contributed by atoms with E-state index in [-0.39, 0.29) is 11.6 Å². The molecule has 0 radical (unpaired) electrons. The Morgan fingerprint density at radius 2 is 0.639 bits per heavy atom. The van der Waals surface area contributed by atoms with Gasteiger partial charge < -0.3 is 9.47 Å². The van der Waals surface area contributed by atoms with E-state index in [1.54, 1.807) is 13.8 Å². The first-order chi connectivity index (χ1) is 17.5. The van der Waals surface area contributed by atoms with Gasteiger partial charge >= 0.3 is 0 Å². The molecule has 0 saturated carbocycles. The molecule has 4 aromatic rings. The van der Waals surface area contributed by atoms with Crippen molar-refractivity contribution in [2.24, 2.45) is 0 Å². The Morgan fingerprint density at radius 1 is 0.417 bits per heavy atom. The predicted molar refractivity (Wildman–Crippen MR) is 149 cm³/mol. The maximum Gasteiger partial charge on any atom is 0.170 e. The standard InChI is InChI=1S/C12H8O2.2C8H8O.2C2H6/c1-2-6-10-9(5-1)13-11-7-3-4-8-12(11)14-10;2*1-7(9)8-5-3-2-4-6-8;2*1-2/h1-8H;2*2-6H,1H3;2*1-2H3. The second kappa shape index (κ2) is 17.3. The van der Waals surface area contributed by atoms with Crippen molar-refractivity contribution >= 4 is 11.6 Å². The Hall–Kier alpha value is -4.18. The highest BCUT2D eigenvalue weighted by molar-refractivity contribution is 5.94. The zero-order valence-electron chi connectivity index (χ0n) is 22.0. The average Bonchev–Trinajstić information content (AvgIpc) is 2.95. The quantitative estimate of drug-likeness (QED) is 0.234. The fourth-order valence-corrected chi connectivity index (χ4v) is 2.82. The lowest BCUT2D eigenvalue weighted by molar-refractivity contribution is 0.100. The Morgan fingerprint density at radius 3 is 0.833 bits per heavy atom. The molecule has 1 heterocycles. The van der Waals surface area contributed by atoms with Crippen LogP contribution in [0.2, 0.25) is 0 Å². The fourth-order valence-electron chi connectivity index (χ4n) is 2.82. The first kappa shape index (κ1) is 29.9. The number of ether oxygens (including phenoxy) is 2. The summed E-state index contributed by atoms with van der Waals surface area (Å²) in [5.41, 5.74) is 1.55. The minimum absolute atomic E-state index is 0.121. The van der Waals surface area contributed by atoms with Crippen LogP contribution < -0.4 is 9.47 Å². The van der Waals surface area contributed by atoms with Crippen molar-refractivity contribution in [3.05, 3.63) is 120 Å². The number of Topliss-reactive ketones (excluding diaryl/α,β-unsaturated/α-hetero) is 2. The van der Waals surface area contributed by atoms with Crippen LogP contribution in [0, 0.1) is 0 Å². The topological polar surface area (TPSA) is 52.6 Å². The van der Waals surface area contributed by atoms with Gasteiger partial charge in [-0.2, -0.15) is 0 Å². The lowest BCUT2D eigenvalue weighted by atomic mass is 10.2. The lowest BCUT2D eigenvalue weighted by Crippen LogP contribution is -1.97. The number of para-hydroxylation sites is 4. The highest BCUT2D eigenvalue weighted by Gasteiger charge is 2.16. The molecule has 0 fully saturated rings. The zero-order chi connectivity index (χ0) is 26.8. The number of carbonyl (C=O) groups is 2. The second-order valence-electron chi connectivity index (χ2n) is 6.94. The Bertz CT molecular complexity index is 1030. The molecule has 0 N–H and O–H groups in total. The maximum absolute atomic E-state index is 10.6. The van der Waals surface area contributed by atoms with Gasteiger partial charge in [0, 0.05) is 11.1 Å². The van der Waals surface area contributed by atoms with Crippen molar-refractivity contribution in [2.75, 3.05) is 0 Å². The van der Waals surface area contributed by atoms with Crippen molar-refractivity contribution in [2.45, 2.75) is 41.5 Å². The zero-order valence-corrected chi connectivity index (χ0v) is 22.0. The van der Waals surface area contributed by atoms with E-state index in [9.17, 15) is 9.59 Å². The van der Waals surface area contributed by atoms with Crippen molar-refractivity contribution < 1.29 is 19.1 Å². The van der Waals surface area contributed by atoms with Crippen molar-refractivity contribution in [1.82, 2.24) is 0 Å². The molecule has 0 aromatic heterocycles. The summed E-state index contributed by atoms with van der Waals surface area (Å²) in [5, 5.41) is 0. The van der Waals surface area contributed by atoms with Gasteiger partial charge in [0.15, 0.2) is 34.6 Å². The first-order valence-electron chi connectivity index (χ1n) is 12.2. The lowest BCUT2D eigenvalue weighted by Gasteiger charge is -2.19. The summed E-state index contributed by atoms with van der Waals surface area (Å²) in [5.74, 6) is 3.32. The molecule has 4 aromatic carbocycles. The molecule has 5 rings (SSSR count). The summed E-state index contributed by atoms with van der Waals surface area (Å²) in [6, 6.07) is 33.7. The van der Waals surface area contributed by atoms with Crippen LogP contribution in [0.1, 0.15) is 62.3 Å². The van der Waals surface area contributed by atoms with E-state index in [1.807, 2.05) is 137 Å². The van der Waals surface area contributed by atoms with Crippen molar-refractivity contribution in [1.29, 1.82) is 0 Å². The molecule has 188 valence electrons. The third-order valence-corrected chi connectivity index (χ3v) is 4.50. The summed E-state index contributed by atoms with van der Waals surface area (Å²) in [7, 11) is 0. The van der Waals surface area contributed by atoms with E-state index in [4.69, 9.17) is 9.47 Å². The maximum atomic E-state index is 10.6. The van der Waals surface area contributed by atoms with Crippen LogP contribution >= 0.6 is 0 Å². The summed E-state index contributed by atoms with van der Waals surface area (Å²) in [6.45, 7) is 11.1.